The van der Waals surface area contributed by atoms with E-state index in [1.807, 2.05) is 27.7 Å². The van der Waals surface area contributed by atoms with E-state index in [1.54, 1.807) is 11.9 Å². The quantitative estimate of drug-likeness (QED) is 0.638. The van der Waals surface area contributed by atoms with Gasteiger partial charge in [0, 0.05) is 7.05 Å². The summed E-state index contributed by atoms with van der Waals surface area (Å²) in [7, 11) is 1.74. The zero-order chi connectivity index (χ0) is 10.9. The lowest BCUT2D eigenvalue weighted by Crippen LogP contribution is -2.41. The van der Waals surface area contributed by atoms with Gasteiger partial charge in [-0.05, 0) is 27.7 Å². The Hall–Kier alpha value is -0.770. The van der Waals surface area contributed by atoms with E-state index in [2.05, 4.69) is 0 Å². The van der Waals surface area contributed by atoms with Crippen LogP contribution < -0.4 is 0 Å². The first-order valence-electron chi connectivity index (χ1n) is 4.88. The van der Waals surface area contributed by atoms with Gasteiger partial charge in [0.05, 0.1) is 12.6 Å². The van der Waals surface area contributed by atoms with Crippen molar-refractivity contribution >= 4 is 6.09 Å². The summed E-state index contributed by atoms with van der Waals surface area (Å²) in [5, 5.41) is 0. The molecule has 2 atom stereocenters. The van der Waals surface area contributed by atoms with Crippen LogP contribution in [0.5, 0.6) is 0 Å². The largest absolute Gasteiger partial charge is 0.444 e. The number of rotatable bonds is 2. The van der Waals surface area contributed by atoms with Gasteiger partial charge < -0.3 is 14.4 Å². The first kappa shape index (κ1) is 11.3. The minimum absolute atomic E-state index is 0.0878. The second kappa shape index (κ2) is 3.77. The summed E-state index contributed by atoms with van der Waals surface area (Å²) in [6.45, 7) is 8.28. The normalized spacial score (nSPS) is 22.8. The molecule has 0 spiro atoms. The standard InChI is InChI=1S/C10H19NO3/c1-7(8-6-13-8)11(5)9(12)14-10(2,3)4/h7-8H,6H2,1-5H3/t7?,8-/m0/s1. The van der Waals surface area contributed by atoms with E-state index in [9.17, 15) is 4.79 Å². The third-order valence-corrected chi connectivity index (χ3v) is 2.19. The Labute approximate surface area is 85.2 Å². The summed E-state index contributed by atoms with van der Waals surface area (Å²) in [5.74, 6) is 0. The molecule has 1 saturated heterocycles. The maximum absolute atomic E-state index is 11.6. The summed E-state index contributed by atoms with van der Waals surface area (Å²) in [6.07, 6.45) is -0.104. The molecule has 0 aromatic heterocycles. The fourth-order valence-electron chi connectivity index (χ4n) is 1.08. The van der Waals surface area contributed by atoms with Gasteiger partial charge in [-0.3, -0.25) is 0 Å². The molecule has 0 aliphatic carbocycles. The van der Waals surface area contributed by atoms with Gasteiger partial charge in [0.15, 0.2) is 0 Å². The maximum Gasteiger partial charge on any atom is 0.410 e. The van der Waals surface area contributed by atoms with E-state index >= 15 is 0 Å². The van der Waals surface area contributed by atoms with Crippen LogP contribution in [-0.2, 0) is 9.47 Å². The molecule has 0 bridgehead atoms. The Bertz CT molecular complexity index is 218. The van der Waals surface area contributed by atoms with Crippen molar-refractivity contribution in [3.63, 3.8) is 0 Å². The number of likely N-dealkylation sites (N-methyl/N-ethyl adjacent to an activating group) is 1. The van der Waals surface area contributed by atoms with Crippen LogP contribution in [0, 0.1) is 0 Å². The van der Waals surface area contributed by atoms with Crippen molar-refractivity contribution < 1.29 is 14.3 Å². The van der Waals surface area contributed by atoms with Gasteiger partial charge >= 0.3 is 6.09 Å². The molecular formula is C10H19NO3. The fourth-order valence-corrected chi connectivity index (χ4v) is 1.08. The number of hydrogen-bond acceptors (Lipinski definition) is 3. The van der Waals surface area contributed by atoms with Crippen LogP contribution in [-0.4, -0.2) is 42.4 Å². The molecule has 1 aliphatic rings. The fraction of sp³-hybridized carbons (Fsp3) is 0.900. The van der Waals surface area contributed by atoms with Crippen LogP contribution in [0.15, 0.2) is 0 Å². The van der Waals surface area contributed by atoms with E-state index in [4.69, 9.17) is 9.47 Å². The molecule has 0 saturated carbocycles. The van der Waals surface area contributed by atoms with Crippen molar-refractivity contribution in [3.05, 3.63) is 0 Å². The summed E-state index contributed by atoms with van der Waals surface area (Å²) >= 11 is 0. The summed E-state index contributed by atoms with van der Waals surface area (Å²) in [5.41, 5.74) is -0.435. The van der Waals surface area contributed by atoms with Gasteiger partial charge in [-0.2, -0.15) is 0 Å². The van der Waals surface area contributed by atoms with E-state index in [1.165, 1.54) is 0 Å². The monoisotopic (exact) mass is 201 g/mol. The van der Waals surface area contributed by atoms with Crippen LogP contribution in [0.2, 0.25) is 0 Å². The summed E-state index contributed by atoms with van der Waals surface area (Å²) < 4.78 is 10.4. The minimum atomic E-state index is -0.435. The molecule has 0 N–H and O–H groups in total. The van der Waals surface area contributed by atoms with Crippen molar-refractivity contribution in [3.8, 4) is 0 Å². The summed E-state index contributed by atoms with van der Waals surface area (Å²) in [6, 6.07) is 0.0878. The molecule has 14 heavy (non-hydrogen) atoms. The van der Waals surface area contributed by atoms with Gasteiger partial charge in [-0.1, -0.05) is 0 Å². The van der Waals surface area contributed by atoms with Crippen molar-refractivity contribution in [2.24, 2.45) is 0 Å². The Morgan fingerprint density at radius 1 is 1.57 bits per heavy atom. The molecule has 4 nitrogen and oxygen atoms in total. The topological polar surface area (TPSA) is 42.1 Å². The van der Waals surface area contributed by atoms with Gasteiger partial charge in [0.25, 0.3) is 0 Å². The maximum atomic E-state index is 11.6. The van der Waals surface area contributed by atoms with Gasteiger partial charge in [0.1, 0.15) is 11.7 Å². The Morgan fingerprint density at radius 3 is 2.43 bits per heavy atom. The summed E-state index contributed by atoms with van der Waals surface area (Å²) in [4.78, 5) is 13.2. The van der Waals surface area contributed by atoms with Crippen molar-refractivity contribution in [2.45, 2.75) is 45.4 Å². The van der Waals surface area contributed by atoms with E-state index in [0.717, 1.165) is 6.61 Å². The van der Waals surface area contributed by atoms with Gasteiger partial charge in [-0.15, -0.1) is 0 Å². The first-order valence-corrected chi connectivity index (χ1v) is 4.88. The van der Waals surface area contributed by atoms with Gasteiger partial charge in [-0.25, -0.2) is 4.79 Å². The third kappa shape index (κ3) is 3.18. The molecule has 1 rings (SSSR count). The minimum Gasteiger partial charge on any atom is -0.444 e. The number of hydrogen-bond donors (Lipinski definition) is 0. The Balaban J connectivity index is 2.43. The van der Waals surface area contributed by atoms with Crippen LogP contribution in [0.25, 0.3) is 0 Å². The van der Waals surface area contributed by atoms with E-state index in [0.29, 0.717) is 0 Å². The number of ether oxygens (including phenoxy) is 2. The molecule has 0 aromatic rings. The predicted octanol–water partition coefficient (Wildman–Crippen LogP) is 1.64. The molecule has 4 heteroatoms. The van der Waals surface area contributed by atoms with Crippen molar-refractivity contribution in [1.29, 1.82) is 0 Å². The van der Waals surface area contributed by atoms with Crippen LogP contribution in [0.4, 0.5) is 4.79 Å². The highest BCUT2D eigenvalue weighted by Gasteiger charge is 2.35. The number of carbonyl (C=O) groups excluding carboxylic acids is 1. The zero-order valence-corrected chi connectivity index (χ0v) is 9.53. The van der Waals surface area contributed by atoms with Crippen LogP contribution in [0.1, 0.15) is 27.7 Å². The van der Waals surface area contributed by atoms with Crippen molar-refractivity contribution in [1.82, 2.24) is 4.90 Å². The number of epoxide rings is 1. The highest BCUT2D eigenvalue weighted by molar-refractivity contribution is 5.68. The third-order valence-electron chi connectivity index (χ3n) is 2.19. The van der Waals surface area contributed by atoms with E-state index < -0.39 is 5.60 Å². The SMILES string of the molecule is CC([C@@H]1CO1)N(C)C(=O)OC(C)(C)C. The molecule has 1 unspecified atom stereocenters. The zero-order valence-electron chi connectivity index (χ0n) is 9.53. The molecule has 1 amide bonds. The number of nitrogens with zero attached hydrogens (tertiary/aromatic N) is 1. The molecule has 82 valence electrons. The molecule has 1 fully saturated rings. The Morgan fingerprint density at radius 2 is 2.07 bits per heavy atom. The average molecular weight is 201 g/mol. The smallest absolute Gasteiger partial charge is 0.410 e. The average Bonchev–Trinajstić information content (AvgIpc) is 2.80. The molecule has 0 radical (unpaired) electrons. The lowest BCUT2D eigenvalue weighted by molar-refractivity contribution is 0.0212. The van der Waals surface area contributed by atoms with Crippen molar-refractivity contribution in [2.75, 3.05) is 13.7 Å². The van der Waals surface area contributed by atoms with Crippen LogP contribution >= 0.6 is 0 Å². The lowest BCUT2D eigenvalue weighted by atomic mass is 10.2. The Kier molecular flexibility index (Phi) is 3.04. The second-order valence-electron chi connectivity index (χ2n) is 4.70. The predicted molar refractivity (Wildman–Crippen MR) is 53.2 cm³/mol. The number of carbonyl (C=O) groups is 1. The molecule has 1 heterocycles. The van der Waals surface area contributed by atoms with Crippen LogP contribution in [0.3, 0.4) is 0 Å². The highest BCUT2D eigenvalue weighted by Crippen LogP contribution is 2.19. The lowest BCUT2D eigenvalue weighted by Gasteiger charge is -2.27. The first-order chi connectivity index (χ1) is 6.31. The van der Waals surface area contributed by atoms with E-state index in [-0.39, 0.29) is 18.2 Å². The van der Waals surface area contributed by atoms with Gasteiger partial charge in [0.2, 0.25) is 0 Å². The number of amides is 1. The second-order valence-corrected chi connectivity index (χ2v) is 4.70. The molecule has 1 aliphatic heterocycles. The molecular weight excluding hydrogens is 182 g/mol. The molecule has 0 aromatic carbocycles. The highest BCUT2D eigenvalue weighted by atomic mass is 16.6.